The van der Waals surface area contributed by atoms with Gasteiger partial charge in [0.2, 0.25) is 0 Å². The van der Waals surface area contributed by atoms with Crippen LogP contribution in [0.15, 0.2) is 28.9 Å². The molecule has 5 heteroatoms. The van der Waals surface area contributed by atoms with E-state index in [0.717, 1.165) is 26.3 Å². The lowest BCUT2D eigenvalue weighted by atomic mass is 10.0. The van der Waals surface area contributed by atoms with E-state index in [1.807, 2.05) is 37.8 Å². The average molecular weight is 329 g/mol. The van der Waals surface area contributed by atoms with Crippen molar-refractivity contribution in [2.75, 3.05) is 7.05 Å². The minimum absolute atomic E-state index is 0.0602. The van der Waals surface area contributed by atoms with Crippen LogP contribution in [0.5, 0.6) is 0 Å². The van der Waals surface area contributed by atoms with Crippen LogP contribution >= 0.6 is 27.5 Å². The molecule has 1 N–H and O–H groups in total. The number of nitrogens with zero attached hydrogens (tertiary/aromatic N) is 2. The van der Waals surface area contributed by atoms with Crippen LogP contribution in [0.4, 0.5) is 0 Å². The molecule has 0 aliphatic heterocycles. The fraction of sp³-hybridized carbons (Fsp3) is 0.308. The molecule has 3 nitrogen and oxygen atoms in total. The number of hydrogen-bond donors (Lipinski definition) is 1. The first-order chi connectivity index (χ1) is 8.54. The normalized spacial score (nSPS) is 12.7. The smallest absolute Gasteiger partial charge is 0.0757 e. The summed E-state index contributed by atoms with van der Waals surface area (Å²) in [6.45, 7) is 2.00. The van der Waals surface area contributed by atoms with E-state index in [1.54, 1.807) is 6.20 Å². The van der Waals surface area contributed by atoms with E-state index in [1.165, 1.54) is 0 Å². The van der Waals surface area contributed by atoms with Crippen LogP contribution in [0.3, 0.4) is 0 Å². The molecule has 0 saturated heterocycles. The SMILES string of the molecule is CNC(c1ccc(C)c(Cl)c1)c1c(Br)cnn1C. The Labute approximate surface area is 120 Å². The van der Waals surface area contributed by atoms with Crippen LogP contribution < -0.4 is 5.32 Å². The summed E-state index contributed by atoms with van der Waals surface area (Å²) >= 11 is 9.73. The van der Waals surface area contributed by atoms with Gasteiger partial charge in [0, 0.05) is 12.1 Å². The lowest BCUT2D eigenvalue weighted by molar-refractivity contribution is 0.604. The average Bonchev–Trinajstić information content (AvgIpc) is 2.66. The zero-order valence-electron chi connectivity index (χ0n) is 10.5. The van der Waals surface area contributed by atoms with Crippen molar-refractivity contribution < 1.29 is 0 Å². The van der Waals surface area contributed by atoms with Gasteiger partial charge < -0.3 is 5.32 Å². The summed E-state index contributed by atoms with van der Waals surface area (Å²) in [4.78, 5) is 0. The minimum Gasteiger partial charge on any atom is -0.308 e. The van der Waals surface area contributed by atoms with Crippen LogP contribution in [0.2, 0.25) is 5.02 Å². The van der Waals surface area contributed by atoms with Gasteiger partial charge in [0.1, 0.15) is 0 Å². The first kappa shape index (κ1) is 13.6. The third-order valence-electron chi connectivity index (χ3n) is 3.03. The Morgan fingerprint density at radius 1 is 1.44 bits per heavy atom. The van der Waals surface area contributed by atoms with Gasteiger partial charge in [0.25, 0.3) is 0 Å². The Morgan fingerprint density at radius 3 is 2.67 bits per heavy atom. The molecule has 0 amide bonds. The summed E-state index contributed by atoms with van der Waals surface area (Å²) in [7, 11) is 3.86. The zero-order valence-corrected chi connectivity index (χ0v) is 12.9. The quantitative estimate of drug-likeness (QED) is 0.935. The molecule has 1 aromatic carbocycles. The van der Waals surface area contributed by atoms with Crippen molar-refractivity contribution in [1.82, 2.24) is 15.1 Å². The van der Waals surface area contributed by atoms with Crippen LogP contribution in [0.25, 0.3) is 0 Å². The van der Waals surface area contributed by atoms with Gasteiger partial charge in [0.05, 0.1) is 22.4 Å². The number of hydrogen-bond acceptors (Lipinski definition) is 2. The molecule has 18 heavy (non-hydrogen) atoms. The second-order valence-corrected chi connectivity index (χ2v) is 5.49. The fourth-order valence-electron chi connectivity index (χ4n) is 1.99. The highest BCUT2D eigenvalue weighted by atomic mass is 79.9. The third-order valence-corrected chi connectivity index (χ3v) is 4.05. The molecule has 96 valence electrons. The molecular weight excluding hydrogens is 314 g/mol. The van der Waals surface area contributed by atoms with Crippen LogP contribution in [-0.2, 0) is 7.05 Å². The summed E-state index contributed by atoms with van der Waals surface area (Å²) in [5.74, 6) is 0. The Hall–Kier alpha value is -0.840. The maximum Gasteiger partial charge on any atom is 0.0757 e. The third kappa shape index (κ3) is 2.46. The second-order valence-electron chi connectivity index (χ2n) is 4.23. The topological polar surface area (TPSA) is 29.9 Å². The highest BCUT2D eigenvalue weighted by molar-refractivity contribution is 9.10. The largest absolute Gasteiger partial charge is 0.308 e. The molecular formula is C13H15BrClN3. The number of aromatic nitrogens is 2. The van der Waals surface area contributed by atoms with Crippen molar-refractivity contribution >= 4 is 27.5 Å². The first-order valence-electron chi connectivity index (χ1n) is 5.65. The monoisotopic (exact) mass is 327 g/mol. The maximum absolute atomic E-state index is 6.19. The van der Waals surface area contributed by atoms with Crippen molar-refractivity contribution in [2.45, 2.75) is 13.0 Å². The number of nitrogens with one attached hydrogen (secondary N) is 1. The molecule has 1 heterocycles. The van der Waals surface area contributed by atoms with E-state index in [9.17, 15) is 0 Å². The number of rotatable bonds is 3. The highest BCUT2D eigenvalue weighted by Crippen LogP contribution is 2.30. The molecule has 2 aromatic rings. The summed E-state index contributed by atoms with van der Waals surface area (Å²) in [6.07, 6.45) is 1.80. The van der Waals surface area contributed by atoms with Crippen molar-refractivity contribution in [2.24, 2.45) is 7.05 Å². The Balaban J connectivity index is 2.48. The molecule has 0 radical (unpaired) electrons. The molecule has 0 fully saturated rings. The maximum atomic E-state index is 6.19. The molecule has 0 bridgehead atoms. The van der Waals surface area contributed by atoms with Gasteiger partial charge in [-0.25, -0.2) is 0 Å². The van der Waals surface area contributed by atoms with Crippen LogP contribution in [0.1, 0.15) is 22.9 Å². The lowest BCUT2D eigenvalue weighted by Gasteiger charge is -2.18. The second kappa shape index (κ2) is 5.43. The number of halogens is 2. The Bertz CT molecular complexity index is 546. The van der Waals surface area contributed by atoms with E-state index in [2.05, 4.69) is 32.4 Å². The van der Waals surface area contributed by atoms with Crippen molar-refractivity contribution in [3.63, 3.8) is 0 Å². The first-order valence-corrected chi connectivity index (χ1v) is 6.82. The van der Waals surface area contributed by atoms with Crippen LogP contribution in [0, 0.1) is 6.92 Å². The summed E-state index contributed by atoms with van der Waals surface area (Å²) in [6, 6.07) is 6.18. The Kier molecular flexibility index (Phi) is 4.10. The summed E-state index contributed by atoms with van der Waals surface area (Å²) < 4.78 is 2.85. The van der Waals surface area contributed by atoms with Crippen LogP contribution in [-0.4, -0.2) is 16.8 Å². The van der Waals surface area contributed by atoms with Gasteiger partial charge in [-0.1, -0.05) is 23.7 Å². The molecule has 0 spiro atoms. The van der Waals surface area contributed by atoms with E-state index < -0.39 is 0 Å². The highest BCUT2D eigenvalue weighted by Gasteiger charge is 2.19. The van der Waals surface area contributed by atoms with Gasteiger partial charge in [0.15, 0.2) is 0 Å². The minimum atomic E-state index is 0.0602. The molecule has 1 atom stereocenters. The van der Waals surface area contributed by atoms with E-state index >= 15 is 0 Å². The lowest BCUT2D eigenvalue weighted by Crippen LogP contribution is -2.21. The molecule has 1 unspecified atom stereocenters. The summed E-state index contributed by atoms with van der Waals surface area (Å²) in [5.41, 5.74) is 3.29. The predicted molar refractivity (Wildman–Crippen MR) is 78.0 cm³/mol. The van der Waals surface area contributed by atoms with Gasteiger partial charge >= 0.3 is 0 Å². The van der Waals surface area contributed by atoms with Crippen molar-refractivity contribution in [3.05, 3.63) is 50.7 Å². The van der Waals surface area contributed by atoms with Gasteiger partial charge in [-0.05, 0) is 47.1 Å². The van der Waals surface area contributed by atoms with Gasteiger partial charge in [-0.2, -0.15) is 5.10 Å². The van der Waals surface area contributed by atoms with Gasteiger partial charge in [-0.15, -0.1) is 0 Å². The molecule has 0 aliphatic rings. The van der Waals surface area contributed by atoms with Crippen molar-refractivity contribution in [3.8, 4) is 0 Å². The van der Waals surface area contributed by atoms with Crippen molar-refractivity contribution in [1.29, 1.82) is 0 Å². The standard InChI is InChI=1S/C13H15BrClN3/c1-8-4-5-9(6-11(8)15)12(16-2)13-10(14)7-17-18(13)3/h4-7,12,16H,1-3H3. The number of benzene rings is 1. The fourth-order valence-corrected chi connectivity index (χ4v) is 2.76. The van der Waals surface area contributed by atoms with E-state index in [0.29, 0.717) is 0 Å². The predicted octanol–water partition coefficient (Wildman–Crippen LogP) is 3.45. The summed E-state index contributed by atoms with van der Waals surface area (Å²) in [5, 5.41) is 8.33. The molecule has 2 rings (SSSR count). The zero-order chi connectivity index (χ0) is 13.3. The molecule has 1 aromatic heterocycles. The molecule has 0 saturated carbocycles. The van der Waals surface area contributed by atoms with E-state index in [4.69, 9.17) is 11.6 Å². The molecule has 0 aliphatic carbocycles. The Morgan fingerprint density at radius 2 is 2.17 bits per heavy atom. The number of aryl methyl sites for hydroxylation is 2. The van der Waals surface area contributed by atoms with Gasteiger partial charge in [-0.3, -0.25) is 4.68 Å². The van der Waals surface area contributed by atoms with E-state index in [-0.39, 0.29) is 6.04 Å².